The first-order valence-electron chi connectivity index (χ1n) is 16.9. The largest absolute Gasteiger partial charge is 0.456 e. The van der Waals surface area contributed by atoms with Crippen LogP contribution < -0.4 is 0 Å². The number of furan rings is 2. The SMILES string of the molecule is c1ccc(-c2nc(-c3ccc4c(c3)oc3ccccc34)nc(-c3ccc(-c4cccc5sc6ccccc6c45)c4oc5ccccc5c34)n2)cc1. The highest BCUT2D eigenvalue weighted by atomic mass is 32.1. The van der Waals surface area contributed by atoms with Crippen molar-refractivity contribution in [2.75, 3.05) is 0 Å². The van der Waals surface area contributed by atoms with Crippen LogP contribution in [0.25, 0.3) is 109 Å². The molecule has 0 spiro atoms. The highest BCUT2D eigenvalue weighted by Crippen LogP contribution is 2.46. The molecule has 0 aliphatic rings. The maximum absolute atomic E-state index is 6.76. The molecule has 0 aliphatic heterocycles. The van der Waals surface area contributed by atoms with Gasteiger partial charge in [-0.05, 0) is 54.1 Å². The second-order valence-electron chi connectivity index (χ2n) is 12.7. The summed E-state index contributed by atoms with van der Waals surface area (Å²) >= 11 is 1.82. The molecule has 4 heterocycles. The molecule has 0 atom stereocenters. The smallest absolute Gasteiger partial charge is 0.164 e. The lowest BCUT2D eigenvalue weighted by Crippen LogP contribution is -2.00. The van der Waals surface area contributed by atoms with Crippen LogP contribution in [-0.2, 0) is 0 Å². The van der Waals surface area contributed by atoms with Gasteiger partial charge in [0.25, 0.3) is 0 Å². The standard InChI is InChI=1S/C45H25N3O2S/c1-2-11-26(12-3-1)43-46-44(27-21-22-29-28-13-4-7-17-35(28)49-37(29)25-27)48-45(47-43)34-24-23-31(42-41(34)32-14-5-8-18-36(32)50-42)30-16-10-20-39-40(30)33-15-6-9-19-38(33)51-39/h1-25H. The van der Waals surface area contributed by atoms with Crippen molar-refractivity contribution in [3.05, 3.63) is 152 Å². The molecule has 0 saturated carbocycles. The van der Waals surface area contributed by atoms with Gasteiger partial charge in [-0.15, -0.1) is 11.3 Å². The van der Waals surface area contributed by atoms with Gasteiger partial charge in [0.2, 0.25) is 0 Å². The van der Waals surface area contributed by atoms with Gasteiger partial charge in [-0.2, -0.15) is 0 Å². The Labute approximate surface area is 295 Å². The van der Waals surface area contributed by atoms with E-state index in [0.717, 1.165) is 71.7 Å². The van der Waals surface area contributed by atoms with E-state index in [1.54, 1.807) is 0 Å². The molecule has 0 unspecified atom stereocenters. The molecule has 11 aromatic rings. The summed E-state index contributed by atoms with van der Waals surface area (Å²) in [5, 5.41) is 6.62. The second kappa shape index (κ2) is 10.9. The number of thiophene rings is 1. The summed E-state index contributed by atoms with van der Waals surface area (Å²) in [6, 6.07) is 52.0. The number of hydrogen-bond donors (Lipinski definition) is 0. The highest BCUT2D eigenvalue weighted by Gasteiger charge is 2.22. The molecule has 6 heteroatoms. The predicted molar refractivity (Wildman–Crippen MR) is 209 cm³/mol. The van der Waals surface area contributed by atoms with Crippen molar-refractivity contribution in [2.45, 2.75) is 0 Å². The van der Waals surface area contributed by atoms with E-state index in [1.165, 1.54) is 20.2 Å². The minimum Gasteiger partial charge on any atom is -0.456 e. The molecule has 238 valence electrons. The average Bonchev–Trinajstić information content (AvgIpc) is 3.89. The van der Waals surface area contributed by atoms with Gasteiger partial charge < -0.3 is 8.83 Å². The predicted octanol–water partition coefficient (Wildman–Crippen LogP) is 12.7. The van der Waals surface area contributed by atoms with Gasteiger partial charge >= 0.3 is 0 Å². The third-order valence-electron chi connectivity index (χ3n) is 9.76. The van der Waals surface area contributed by atoms with E-state index < -0.39 is 0 Å². The first-order chi connectivity index (χ1) is 25.3. The monoisotopic (exact) mass is 671 g/mol. The summed E-state index contributed by atoms with van der Waals surface area (Å²) in [6.07, 6.45) is 0. The zero-order chi connectivity index (χ0) is 33.5. The summed E-state index contributed by atoms with van der Waals surface area (Å²) in [7, 11) is 0. The Morgan fingerprint density at radius 3 is 1.88 bits per heavy atom. The Kier molecular flexibility index (Phi) is 6.05. The molecule has 0 N–H and O–H groups in total. The number of aromatic nitrogens is 3. The Hall–Kier alpha value is -6.63. The second-order valence-corrected chi connectivity index (χ2v) is 13.8. The van der Waals surface area contributed by atoms with Crippen molar-refractivity contribution in [2.24, 2.45) is 0 Å². The van der Waals surface area contributed by atoms with Crippen molar-refractivity contribution in [3.63, 3.8) is 0 Å². The lowest BCUT2D eigenvalue weighted by atomic mass is 9.95. The minimum absolute atomic E-state index is 0.570. The van der Waals surface area contributed by atoms with Crippen molar-refractivity contribution in [3.8, 4) is 45.3 Å². The van der Waals surface area contributed by atoms with Crippen LogP contribution in [0.4, 0.5) is 0 Å². The third kappa shape index (κ3) is 4.37. The van der Waals surface area contributed by atoms with Gasteiger partial charge in [-0.25, -0.2) is 15.0 Å². The fourth-order valence-electron chi connectivity index (χ4n) is 7.43. The van der Waals surface area contributed by atoms with Crippen molar-refractivity contribution in [1.29, 1.82) is 0 Å². The number of hydrogen-bond acceptors (Lipinski definition) is 6. The number of benzene rings is 7. The van der Waals surface area contributed by atoms with E-state index in [-0.39, 0.29) is 0 Å². The van der Waals surface area contributed by atoms with E-state index in [0.29, 0.717) is 17.5 Å². The van der Waals surface area contributed by atoms with Crippen LogP contribution in [0, 0.1) is 0 Å². The Balaban J connectivity index is 1.18. The van der Waals surface area contributed by atoms with E-state index in [1.807, 2.05) is 78.1 Å². The molecule has 0 bridgehead atoms. The highest BCUT2D eigenvalue weighted by molar-refractivity contribution is 7.25. The van der Waals surface area contributed by atoms with Crippen LogP contribution in [0.1, 0.15) is 0 Å². The number of para-hydroxylation sites is 2. The summed E-state index contributed by atoms with van der Waals surface area (Å²) in [4.78, 5) is 15.3. The van der Waals surface area contributed by atoms with Crippen LogP contribution in [0.3, 0.4) is 0 Å². The molecule has 0 radical (unpaired) electrons. The van der Waals surface area contributed by atoms with Gasteiger partial charge in [0.05, 0.1) is 0 Å². The summed E-state index contributed by atoms with van der Waals surface area (Å²) < 4.78 is 15.5. The molecule has 0 saturated heterocycles. The fraction of sp³-hybridized carbons (Fsp3) is 0. The van der Waals surface area contributed by atoms with Gasteiger partial charge in [-0.1, -0.05) is 103 Å². The van der Waals surface area contributed by atoms with Gasteiger partial charge in [0.1, 0.15) is 22.3 Å². The summed E-state index contributed by atoms with van der Waals surface area (Å²) in [5.74, 6) is 1.74. The molecule has 0 aliphatic carbocycles. The van der Waals surface area contributed by atoms with Crippen molar-refractivity contribution < 1.29 is 8.83 Å². The molecular formula is C45H25N3O2S. The molecule has 11 rings (SSSR count). The fourth-order valence-corrected chi connectivity index (χ4v) is 8.56. The Morgan fingerprint density at radius 2 is 1.02 bits per heavy atom. The van der Waals surface area contributed by atoms with E-state index in [2.05, 4.69) is 84.9 Å². The maximum atomic E-state index is 6.76. The average molecular weight is 672 g/mol. The molecule has 7 aromatic carbocycles. The van der Waals surface area contributed by atoms with Gasteiger partial charge in [0, 0.05) is 64.0 Å². The Bertz CT molecular complexity index is 3160. The summed E-state index contributed by atoms with van der Waals surface area (Å²) in [6.45, 7) is 0. The molecule has 0 fully saturated rings. The third-order valence-corrected chi connectivity index (χ3v) is 10.9. The number of rotatable bonds is 4. The molecule has 5 nitrogen and oxygen atoms in total. The van der Waals surface area contributed by atoms with Crippen LogP contribution in [0.2, 0.25) is 0 Å². The molecule has 51 heavy (non-hydrogen) atoms. The van der Waals surface area contributed by atoms with Gasteiger partial charge in [-0.3, -0.25) is 0 Å². The summed E-state index contributed by atoms with van der Waals surface area (Å²) in [5.41, 5.74) is 8.09. The number of fused-ring (bicyclic) bond motifs is 9. The molecular weight excluding hydrogens is 647 g/mol. The van der Waals surface area contributed by atoms with Crippen molar-refractivity contribution >= 4 is 75.4 Å². The van der Waals surface area contributed by atoms with E-state index >= 15 is 0 Å². The number of nitrogens with zero attached hydrogens (tertiary/aromatic N) is 3. The molecule has 4 aromatic heterocycles. The van der Waals surface area contributed by atoms with Crippen molar-refractivity contribution in [1.82, 2.24) is 15.0 Å². The normalized spacial score (nSPS) is 11.9. The first-order valence-corrected chi connectivity index (χ1v) is 17.7. The minimum atomic E-state index is 0.570. The first kappa shape index (κ1) is 28.2. The van der Waals surface area contributed by atoms with Crippen LogP contribution >= 0.6 is 11.3 Å². The van der Waals surface area contributed by atoms with Gasteiger partial charge in [0.15, 0.2) is 17.5 Å². The maximum Gasteiger partial charge on any atom is 0.164 e. The Morgan fingerprint density at radius 1 is 0.373 bits per heavy atom. The quantitative estimate of drug-likeness (QED) is 0.186. The van der Waals surface area contributed by atoms with E-state index in [9.17, 15) is 0 Å². The zero-order valence-electron chi connectivity index (χ0n) is 27.0. The topological polar surface area (TPSA) is 65.0 Å². The van der Waals surface area contributed by atoms with E-state index in [4.69, 9.17) is 23.8 Å². The zero-order valence-corrected chi connectivity index (χ0v) is 27.8. The molecule has 0 amide bonds. The van der Waals surface area contributed by atoms with Crippen LogP contribution in [-0.4, -0.2) is 15.0 Å². The lowest BCUT2D eigenvalue weighted by Gasteiger charge is -2.11. The van der Waals surface area contributed by atoms with Crippen LogP contribution in [0.15, 0.2) is 160 Å². The van der Waals surface area contributed by atoms with Crippen LogP contribution in [0.5, 0.6) is 0 Å². The lowest BCUT2D eigenvalue weighted by molar-refractivity contribution is 0.669.